The fourth-order valence-corrected chi connectivity index (χ4v) is 7.79. The van der Waals surface area contributed by atoms with Crippen molar-refractivity contribution in [2.75, 3.05) is 6.16 Å². The van der Waals surface area contributed by atoms with Gasteiger partial charge in [-0.2, -0.15) is 0 Å². The van der Waals surface area contributed by atoms with Gasteiger partial charge in [-0.15, -0.1) is 0 Å². The summed E-state index contributed by atoms with van der Waals surface area (Å²) < 4.78 is 0. The van der Waals surface area contributed by atoms with Crippen LogP contribution in [0.25, 0.3) is 0 Å². The number of hydrogen-bond acceptors (Lipinski definition) is 1. The molecule has 0 amide bonds. The van der Waals surface area contributed by atoms with E-state index in [4.69, 9.17) is 0 Å². The van der Waals surface area contributed by atoms with Crippen molar-refractivity contribution in [3.05, 3.63) is 84.9 Å². The molecule has 0 aliphatic heterocycles. The predicted molar refractivity (Wildman–Crippen MR) is 98.7 cm³/mol. The third kappa shape index (κ3) is 2.53. The molecule has 0 fully saturated rings. The van der Waals surface area contributed by atoms with Crippen LogP contribution in [-0.4, -0.2) is 11.3 Å². The van der Waals surface area contributed by atoms with Gasteiger partial charge in [0.15, 0.2) is 0 Å². The molecule has 3 rings (SSSR count). The molecule has 3 aromatic rings. The zero-order valence-electron chi connectivity index (χ0n) is 12.7. The van der Waals surface area contributed by atoms with E-state index in [1.165, 1.54) is 15.9 Å². The van der Waals surface area contributed by atoms with Gasteiger partial charge in [-0.05, 0) is 0 Å². The van der Waals surface area contributed by atoms with Crippen molar-refractivity contribution >= 4 is 23.2 Å². The van der Waals surface area contributed by atoms with Crippen LogP contribution >= 0.6 is 7.26 Å². The molecule has 0 bridgehead atoms. The SMILES string of the molecule is CC[PH](c1ccccc1)(c1ccccc1)c1ccc(O)cc1. The van der Waals surface area contributed by atoms with Crippen LogP contribution in [0, 0.1) is 0 Å². The van der Waals surface area contributed by atoms with Crippen molar-refractivity contribution < 1.29 is 5.11 Å². The zero-order chi connectivity index (χ0) is 15.4. The summed E-state index contributed by atoms with van der Waals surface area (Å²) in [5, 5.41) is 13.8. The number of benzene rings is 3. The van der Waals surface area contributed by atoms with E-state index in [1.54, 1.807) is 12.1 Å². The Morgan fingerprint density at radius 2 is 1.05 bits per heavy atom. The molecule has 0 saturated heterocycles. The second-order valence-electron chi connectivity index (χ2n) is 5.54. The summed E-state index contributed by atoms with van der Waals surface area (Å²) >= 11 is 0. The van der Waals surface area contributed by atoms with Gasteiger partial charge in [-0.1, -0.05) is 0 Å². The van der Waals surface area contributed by atoms with E-state index in [0.29, 0.717) is 5.75 Å². The van der Waals surface area contributed by atoms with Gasteiger partial charge >= 0.3 is 132 Å². The zero-order valence-corrected chi connectivity index (χ0v) is 13.7. The van der Waals surface area contributed by atoms with E-state index in [9.17, 15) is 5.11 Å². The fraction of sp³-hybridized carbons (Fsp3) is 0.100. The van der Waals surface area contributed by atoms with Gasteiger partial charge < -0.3 is 0 Å². The molecule has 0 saturated carbocycles. The molecule has 1 N–H and O–H groups in total. The molecule has 112 valence electrons. The predicted octanol–water partition coefficient (Wildman–Crippen LogP) is 3.44. The Morgan fingerprint density at radius 1 is 0.636 bits per heavy atom. The maximum absolute atomic E-state index is 9.65. The van der Waals surface area contributed by atoms with Crippen LogP contribution in [0.3, 0.4) is 0 Å². The summed E-state index contributed by atoms with van der Waals surface area (Å²) in [4.78, 5) is 0. The molecule has 0 unspecified atom stereocenters. The molecule has 0 radical (unpaired) electrons. The van der Waals surface area contributed by atoms with E-state index in [2.05, 4.69) is 79.7 Å². The van der Waals surface area contributed by atoms with Crippen LogP contribution in [-0.2, 0) is 0 Å². The van der Waals surface area contributed by atoms with Crippen LogP contribution in [0.4, 0.5) is 0 Å². The van der Waals surface area contributed by atoms with Crippen molar-refractivity contribution in [2.24, 2.45) is 0 Å². The summed E-state index contributed by atoms with van der Waals surface area (Å²) in [6, 6.07) is 29.4. The van der Waals surface area contributed by atoms with Gasteiger partial charge in [0.05, 0.1) is 0 Å². The average molecular weight is 308 g/mol. The van der Waals surface area contributed by atoms with E-state index in [1.807, 2.05) is 0 Å². The Labute approximate surface area is 132 Å². The van der Waals surface area contributed by atoms with Crippen LogP contribution in [0.15, 0.2) is 84.9 Å². The minimum absolute atomic E-state index is 0.323. The van der Waals surface area contributed by atoms with Gasteiger partial charge in [0.1, 0.15) is 0 Å². The molecule has 0 aliphatic carbocycles. The molecule has 0 spiro atoms. The molecule has 0 aliphatic rings. The maximum atomic E-state index is 9.65. The number of rotatable bonds is 4. The Kier molecular flexibility index (Phi) is 4.27. The van der Waals surface area contributed by atoms with Crippen molar-refractivity contribution in [1.82, 2.24) is 0 Å². The molecule has 2 heteroatoms. The van der Waals surface area contributed by atoms with E-state index in [0.717, 1.165) is 6.16 Å². The Morgan fingerprint density at radius 3 is 1.45 bits per heavy atom. The van der Waals surface area contributed by atoms with Crippen LogP contribution in [0.1, 0.15) is 6.92 Å². The second kappa shape index (κ2) is 6.34. The minimum atomic E-state index is -2.03. The average Bonchev–Trinajstić information content (AvgIpc) is 2.59. The first kappa shape index (κ1) is 14.8. The van der Waals surface area contributed by atoms with Gasteiger partial charge in [-0.3, -0.25) is 0 Å². The third-order valence-electron chi connectivity index (χ3n) is 4.42. The Hall–Kier alpha value is -2.11. The van der Waals surface area contributed by atoms with Gasteiger partial charge in [0, 0.05) is 0 Å². The van der Waals surface area contributed by atoms with Crippen LogP contribution in [0.2, 0.25) is 0 Å². The molecule has 0 atom stereocenters. The number of phenols is 1. The first-order valence-corrected chi connectivity index (χ1v) is 9.88. The van der Waals surface area contributed by atoms with Gasteiger partial charge in [-0.25, -0.2) is 0 Å². The van der Waals surface area contributed by atoms with Crippen molar-refractivity contribution in [3.8, 4) is 5.75 Å². The summed E-state index contributed by atoms with van der Waals surface area (Å²) in [5.41, 5.74) is 0. The molecular weight excluding hydrogens is 287 g/mol. The molecule has 1 nitrogen and oxygen atoms in total. The van der Waals surface area contributed by atoms with Crippen LogP contribution < -0.4 is 15.9 Å². The van der Waals surface area contributed by atoms with Crippen molar-refractivity contribution in [2.45, 2.75) is 6.92 Å². The fourth-order valence-electron chi connectivity index (χ4n) is 3.30. The molecule has 3 aromatic carbocycles. The van der Waals surface area contributed by atoms with Crippen LogP contribution in [0.5, 0.6) is 5.75 Å². The quantitative estimate of drug-likeness (QED) is 0.732. The monoisotopic (exact) mass is 308 g/mol. The van der Waals surface area contributed by atoms with Crippen molar-refractivity contribution in [1.29, 1.82) is 0 Å². The van der Waals surface area contributed by atoms with Gasteiger partial charge in [0.25, 0.3) is 0 Å². The third-order valence-corrected chi connectivity index (χ3v) is 9.44. The van der Waals surface area contributed by atoms with Gasteiger partial charge in [0.2, 0.25) is 0 Å². The van der Waals surface area contributed by atoms with E-state index >= 15 is 0 Å². The molecule has 22 heavy (non-hydrogen) atoms. The summed E-state index contributed by atoms with van der Waals surface area (Å²) in [6.45, 7) is 2.28. The normalized spacial score (nSPS) is 12.0. The number of phenolic OH excluding ortho intramolecular Hbond substituents is 1. The summed E-state index contributed by atoms with van der Waals surface area (Å²) in [7, 11) is -2.03. The first-order valence-electron chi connectivity index (χ1n) is 7.68. The summed E-state index contributed by atoms with van der Waals surface area (Å²) in [5.74, 6) is 0.323. The first-order chi connectivity index (χ1) is 10.8. The molecular formula is C20H21OP. The number of hydrogen-bond donors (Lipinski definition) is 1. The standard InChI is InChI=1S/C20H21OP/c1-2-22(18-9-5-3-6-10-18,19-11-7-4-8-12-19)20-15-13-17(21)14-16-20/h3-16,21-22H,2H2,1H3. The Balaban J connectivity index is 2.28. The number of aromatic hydroxyl groups is 1. The molecule has 0 aromatic heterocycles. The molecule has 0 heterocycles. The second-order valence-corrected chi connectivity index (χ2v) is 9.79. The Bertz CT molecular complexity index is 681. The van der Waals surface area contributed by atoms with E-state index in [-0.39, 0.29) is 0 Å². The topological polar surface area (TPSA) is 20.2 Å². The summed E-state index contributed by atoms with van der Waals surface area (Å²) in [6.07, 6.45) is 1.09. The van der Waals surface area contributed by atoms with E-state index < -0.39 is 7.26 Å². The van der Waals surface area contributed by atoms with Crippen molar-refractivity contribution in [3.63, 3.8) is 0 Å².